The molecule has 6 nitrogen and oxygen atoms in total. The minimum absolute atomic E-state index is 0.0547. The van der Waals surface area contributed by atoms with Crippen LogP contribution in [0, 0.1) is 0 Å². The van der Waals surface area contributed by atoms with Crippen LogP contribution in [0.3, 0.4) is 0 Å². The number of para-hydroxylation sites is 1. The van der Waals surface area contributed by atoms with Crippen LogP contribution in [-0.4, -0.2) is 38.8 Å². The Balaban J connectivity index is 1.51. The van der Waals surface area contributed by atoms with Gasteiger partial charge in [-0.2, -0.15) is 4.31 Å². The third-order valence-electron chi connectivity index (χ3n) is 5.19. The van der Waals surface area contributed by atoms with Gasteiger partial charge in [-0.05, 0) is 43.0 Å². The van der Waals surface area contributed by atoms with Gasteiger partial charge in [0.15, 0.2) is 0 Å². The molecule has 0 spiro atoms. The molecule has 1 amide bonds. The molecule has 1 fully saturated rings. The Morgan fingerprint density at radius 3 is 2.41 bits per heavy atom. The third kappa shape index (κ3) is 5.58. The van der Waals surface area contributed by atoms with E-state index in [0.29, 0.717) is 37.4 Å². The summed E-state index contributed by atoms with van der Waals surface area (Å²) in [4.78, 5) is 12.5. The Labute approximate surface area is 172 Å². The molecule has 0 unspecified atom stereocenters. The molecule has 0 saturated carbocycles. The zero-order chi connectivity index (χ0) is 20.7. The Hall–Kier alpha value is -2.38. The van der Waals surface area contributed by atoms with Gasteiger partial charge in [-0.15, -0.1) is 0 Å². The molecule has 0 aromatic heterocycles. The van der Waals surface area contributed by atoms with Crippen molar-refractivity contribution in [2.75, 3.05) is 20.2 Å². The molecule has 7 heteroatoms. The van der Waals surface area contributed by atoms with Gasteiger partial charge in [0, 0.05) is 31.6 Å². The number of hydrogen-bond acceptors (Lipinski definition) is 4. The van der Waals surface area contributed by atoms with Crippen LogP contribution < -0.4 is 10.1 Å². The summed E-state index contributed by atoms with van der Waals surface area (Å²) in [5.41, 5.74) is 1.87. The zero-order valence-corrected chi connectivity index (χ0v) is 17.6. The molecule has 1 saturated heterocycles. The fourth-order valence-electron chi connectivity index (χ4n) is 3.47. The van der Waals surface area contributed by atoms with Crippen molar-refractivity contribution >= 4 is 15.9 Å². The second-order valence-corrected chi connectivity index (χ2v) is 9.14. The molecule has 1 aliphatic heterocycles. The molecule has 1 N–H and O–H groups in total. The number of ether oxygens (including phenoxy) is 1. The maximum atomic E-state index is 12.7. The van der Waals surface area contributed by atoms with Gasteiger partial charge in [0.05, 0.1) is 12.0 Å². The fraction of sp³-hybridized carbons (Fsp3) is 0.409. The Bertz CT molecular complexity index is 920. The van der Waals surface area contributed by atoms with Gasteiger partial charge in [-0.1, -0.05) is 36.8 Å². The van der Waals surface area contributed by atoms with Gasteiger partial charge in [0.1, 0.15) is 5.75 Å². The summed E-state index contributed by atoms with van der Waals surface area (Å²) in [6.07, 6.45) is 3.82. The van der Waals surface area contributed by atoms with E-state index in [1.807, 2.05) is 24.3 Å². The van der Waals surface area contributed by atoms with Gasteiger partial charge in [-0.3, -0.25) is 4.79 Å². The third-order valence-corrected chi connectivity index (χ3v) is 7.10. The molecule has 1 aliphatic rings. The van der Waals surface area contributed by atoms with Gasteiger partial charge < -0.3 is 10.1 Å². The topological polar surface area (TPSA) is 75.7 Å². The molecule has 2 aromatic rings. The lowest BCUT2D eigenvalue weighted by atomic mass is 10.1. The number of sulfonamides is 1. The molecule has 0 atom stereocenters. The molecule has 156 valence electrons. The van der Waals surface area contributed by atoms with Crippen molar-refractivity contribution in [1.29, 1.82) is 0 Å². The minimum Gasteiger partial charge on any atom is -0.496 e. The minimum atomic E-state index is -3.41. The van der Waals surface area contributed by atoms with E-state index < -0.39 is 10.0 Å². The molecule has 0 bridgehead atoms. The highest BCUT2D eigenvalue weighted by Gasteiger charge is 2.25. The van der Waals surface area contributed by atoms with Crippen molar-refractivity contribution in [3.63, 3.8) is 0 Å². The fourth-order valence-corrected chi connectivity index (χ4v) is 4.99. The van der Waals surface area contributed by atoms with Crippen molar-refractivity contribution in [3.8, 4) is 5.75 Å². The van der Waals surface area contributed by atoms with Crippen LogP contribution in [0.2, 0.25) is 0 Å². The van der Waals surface area contributed by atoms with E-state index in [1.54, 1.807) is 35.7 Å². The number of aryl methyl sites for hydroxylation is 1. The van der Waals surface area contributed by atoms with E-state index >= 15 is 0 Å². The summed E-state index contributed by atoms with van der Waals surface area (Å²) in [5.74, 6) is 0.694. The van der Waals surface area contributed by atoms with Crippen molar-refractivity contribution in [3.05, 3.63) is 59.7 Å². The van der Waals surface area contributed by atoms with Gasteiger partial charge in [-0.25, -0.2) is 8.42 Å². The molecule has 0 radical (unpaired) electrons. The van der Waals surface area contributed by atoms with Gasteiger partial charge in [0.2, 0.25) is 15.9 Å². The molecular formula is C22H28N2O4S. The molecule has 29 heavy (non-hydrogen) atoms. The first-order valence-corrected chi connectivity index (χ1v) is 11.4. The van der Waals surface area contributed by atoms with Gasteiger partial charge >= 0.3 is 0 Å². The normalized spacial score (nSPS) is 15.1. The summed E-state index contributed by atoms with van der Waals surface area (Å²) in [6, 6.07) is 14.5. The monoisotopic (exact) mass is 416 g/mol. The quantitative estimate of drug-likeness (QED) is 0.717. The van der Waals surface area contributed by atoms with Crippen LogP contribution in [0.5, 0.6) is 5.75 Å². The number of rotatable bonds is 8. The zero-order valence-electron chi connectivity index (χ0n) is 16.8. The second-order valence-electron chi connectivity index (χ2n) is 7.20. The number of piperidine rings is 1. The number of amides is 1. The van der Waals surface area contributed by atoms with E-state index in [1.165, 1.54) is 0 Å². The lowest BCUT2D eigenvalue weighted by Gasteiger charge is -2.25. The Morgan fingerprint density at radius 1 is 1.03 bits per heavy atom. The first-order chi connectivity index (χ1) is 14.0. The van der Waals surface area contributed by atoms with Crippen LogP contribution in [0.15, 0.2) is 53.4 Å². The highest BCUT2D eigenvalue weighted by atomic mass is 32.2. The number of carbonyl (C=O) groups excluding carboxylic acids is 1. The molecule has 0 aliphatic carbocycles. The first-order valence-electron chi connectivity index (χ1n) is 9.98. The van der Waals surface area contributed by atoms with Crippen LogP contribution in [0.1, 0.15) is 36.8 Å². The van der Waals surface area contributed by atoms with Crippen molar-refractivity contribution < 1.29 is 17.9 Å². The second kappa shape index (κ2) is 9.89. The van der Waals surface area contributed by atoms with Crippen LogP contribution in [0.4, 0.5) is 0 Å². The first kappa shape index (κ1) is 21.3. The molecule has 2 aromatic carbocycles. The van der Waals surface area contributed by atoms with E-state index in [4.69, 9.17) is 4.74 Å². The summed E-state index contributed by atoms with van der Waals surface area (Å²) in [5, 5.41) is 2.90. The number of hydrogen-bond donors (Lipinski definition) is 1. The van der Waals surface area contributed by atoms with E-state index in [9.17, 15) is 13.2 Å². The maximum Gasteiger partial charge on any atom is 0.243 e. The van der Waals surface area contributed by atoms with E-state index in [-0.39, 0.29) is 5.91 Å². The predicted molar refractivity (Wildman–Crippen MR) is 112 cm³/mol. The average molecular weight is 417 g/mol. The lowest BCUT2D eigenvalue weighted by Crippen LogP contribution is -2.35. The number of methoxy groups -OCH3 is 1. The largest absolute Gasteiger partial charge is 0.496 e. The number of carbonyl (C=O) groups is 1. The highest BCUT2D eigenvalue weighted by Crippen LogP contribution is 2.21. The van der Waals surface area contributed by atoms with Crippen molar-refractivity contribution in [2.45, 2.75) is 43.5 Å². The molecular weight excluding hydrogens is 388 g/mol. The van der Waals surface area contributed by atoms with Crippen molar-refractivity contribution in [1.82, 2.24) is 9.62 Å². The summed E-state index contributed by atoms with van der Waals surface area (Å²) in [6.45, 7) is 1.60. The predicted octanol–water partition coefficient (Wildman–Crippen LogP) is 3.12. The van der Waals surface area contributed by atoms with Gasteiger partial charge in [0.25, 0.3) is 0 Å². The number of nitrogens with one attached hydrogen (secondary N) is 1. The van der Waals surface area contributed by atoms with Crippen molar-refractivity contribution in [2.24, 2.45) is 0 Å². The highest BCUT2D eigenvalue weighted by molar-refractivity contribution is 7.89. The smallest absolute Gasteiger partial charge is 0.243 e. The summed E-state index contributed by atoms with van der Waals surface area (Å²) >= 11 is 0. The Kier molecular flexibility index (Phi) is 7.28. The number of nitrogens with zero attached hydrogens (tertiary/aromatic N) is 1. The van der Waals surface area contributed by atoms with E-state index in [2.05, 4.69) is 5.32 Å². The summed E-state index contributed by atoms with van der Waals surface area (Å²) in [7, 11) is -1.81. The Morgan fingerprint density at radius 2 is 1.72 bits per heavy atom. The van der Waals surface area contributed by atoms with E-state index in [0.717, 1.165) is 36.1 Å². The van der Waals surface area contributed by atoms with Crippen LogP contribution in [0.25, 0.3) is 0 Å². The molecule has 1 heterocycles. The summed E-state index contributed by atoms with van der Waals surface area (Å²) < 4.78 is 32.2. The SMILES string of the molecule is COc1ccccc1CNC(=O)CCc1ccc(S(=O)(=O)N2CCCCC2)cc1. The van der Waals surface area contributed by atoms with Crippen LogP contribution >= 0.6 is 0 Å². The molecule has 3 rings (SSSR count). The maximum absolute atomic E-state index is 12.7. The standard InChI is InChI=1S/C22H28N2O4S/c1-28-21-8-4-3-7-19(21)17-23-22(25)14-11-18-9-12-20(13-10-18)29(26,27)24-15-5-2-6-16-24/h3-4,7-10,12-13H,2,5-6,11,14-17H2,1H3,(H,23,25). The van der Waals surface area contributed by atoms with Crippen LogP contribution in [-0.2, 0) is 27.8 Å². The lowest BCUT2D eigenvalue weighted by molar-refractivity contribution is -0.121. The number of benzene rings is 2. The average Bonchev–Trinajstić information content (AvgIpc) is 2.77.